The highest BCUT2D eigenvalue weighted by Crippen LogP contribution is 2.43. The van der Waals surface area contributed by atoms with Gasteiger partial charge in [0.1, 0.15) is 5.76 Å². The van der Waals surface area contributed by atoms with Crippen LogP contribution in [-0.4, -0.2) is 16.8 Å². The Morgan fingerprint density at radius 1 is 0.969 bits per heavy atom. The molecule has 162 valence electrons. The first-order chi connectivity index (χ1) is 15.3. The smallest absolute Gasteiger partial charge is 0.300 e. The normalized spacial score (nSPS) is 17.9. The lowest BCUT2D eigenvalue weighted by Gasteiger charge is -2.26. The number of Topliss-reactive ketones (excluding diaryl/α,β-unsaturated/α-hetero) is 1. The first-order valence-corrected chi connectivity index (χ1v) is 10.9. The van der Waals surface area contributed by atoms with Crippen molar-refractivity contribution in [1.29, 1.82) is 0 Å². The molecule has 1 N–H and O–H groups in total. The molecule has 1 saturated heterocycles. The van der Waals surface area contributed by atoms with Crippen molar-refractivity contribution in [2.45, 2.75) is 32.7 Å². The fourth-order valence-corrected chi connectivity index (χ4v) is 4.14. The number of rotatable bonds is 4. The molecule has 1 heterocycles. The lowest BCUT2D eigenvalue weighted by atomic mass is 9.93. The van der Waals surface area contributed by atoms with Crippen molar-refractivity contribution in [3.8, 4) is 0 Å². The number of carbonyl (C=O) groups excluding carboxylic acids is 2. The molecule has 0 aromatic heterocycles. The highest BCUT2D eigenvalue weighted by Gasteiger charge is 2.47. The maximum Gasteiger partial charge on any atom is 0.300 e. The summed E-state index contributed by atoms with van der Waals surface area (Å²) in [6, 6.07) is 21.1. The fraction of sp³-hybridized carbons (Fsp3) is 0.185. The van der Waals surface area contributed by atoms with Crippen LogP contribution in [0.25, 0.3) is 5.76 Å². The fourth-order valence-electron chi connectivity index (χ4n) is 3.96. The van der Waals surface area contributed by atoms with Gasteiger partial charge in [-0.05, 0) is 41.7 Å². The van der Waals surface area contributed by atoms with Crippen molar-refractivity contribution < 1.29 is 14.7 Å². The zero-order valence-electron chi connectivity index (χ0n) is 18.2. The molecular formula is C27H24ClNO3. The number of aryl methyl sites for hydroxylation is 1. The monoisotopic (exact) mass is 445 g/mol. The zero-order chi connectivity index (χ0) is 23.0. The van der Waals surface area contributed by atoms with Crippen LogP contribution in [0, 0.1) is 6.92 Å². The van der Waals surface area contributed by atoms with Crippen LogP contribution < -0.4 is 4.90 Å². The van der Waals surface area contributed by atoms with Gasteiger partial charge in [-0.1, -0.05) is 86.1 Å². The summed E-state index contributed by atoms with van der Waals surface area (Å²) in [6.07, 6.45) is 0. The van der Waals surface area contributed by atoms with Crippen LogP contribution in [0.2, 0.25) is 5.02 Å². The minimum Gasteiger partial charge on any atom is -0.507 e. The summed E-state index contributed by atoms with van der Waals surface area (Å²) in [4.78, 5) is 27.8. The Balaban J connectivity index is 1.93. The number of hydrogen-bond acceptors (Lipinski definition) is 3. The van der Waals surface area contributed by atoms with Crippen LogP contribution in [0.1, 0.15) is 48.1 Å². The molecule has 1 fully saturated rings. The minimum atomic E-state index is -0.768. The summed E-state index contributed by atoms with van der Waals surface area (Å²) in [6.45, 7) is 6.08. The lowest BCUT2D eigenvalue weighted by Crippen LogP contribution is -2.29. The Morgan fingerprint density at radius 3 is 2.22 bits per heavy atom. The van der Waals surface area contributed by atoms with Crippen LogP contribution in [0.3, 0.4) is 0 Å². The second kappa shape index (κ2) is 8.64. The van der Waals surface area contributed by atoms with Gasteiger partial charge in [-0.25, -0.2) is 0 Å². The molecule has 0 aliphatic carbocycles. The number of aliphatic hydroxyl groups is 1. The van der Waals surface area contributed by atoms with E-state index in [0.29, 0.717) is 22.2 Å². The number of hydrogen-bond donors (Lipinski definition) is 1. The molecule has 1 amide bonds. The largest absolute Gasteiger partial charge is 0.507 e. The third-order valence-corrected chi connectivity index (χ3v) is 6.25. The van der Waals surface area contributed by atoms with E-state index in [9.17, 15) is 14.7 Å². The number of benzene rings is 3. The van der Waals surface area contributed by atoms with Crippen LogP contribution in [0.15, 0.2) is 78.4 Å². The second-order valence-electron chi connectivity index (χ2n) is 8.29. The number of halogens is 1. The molecule has 1 unspecified atom stereocenters. The van der Waals surface area contributed by atoms with Crippen molar-refractivity contribution in [1.82, 2.24) is 0 Å². The Morgan fingerprint density at radius 2 is 1.62 bits per heavy atom. The summed E-state index contributed by atoms with van der Waals surface area (Å²) in [5, 5.41) is 11.6. The Kier molecular flexibility index (Phi) is 5.90. The van der Waals surface area contributed by atoms with Gasteiger partial charge < -0.3 is 5.11 Å². The van der Waals surface area contributed by atoms with Crippen molar-refractivity contribution in [3.63, 3.8) is 0 Å². The van der Waals surface area contributed by atoms with E-state index in [2.05, 4.69) is 13.8 Å². The quantitative estimate of drug-likeness (QED) is 0.287. The molecule has 0 saturated carbocycles. The van der Waals surface area contributed by atoms with Gasteiger partial charge in [0.25, 0.3) is 11.7 Å². The van der Waals surface area contributed by atoms with Gasteiger partial charge in [-0.2, -0.15) is 0 Å². The third kappa shape index (κ3) is 3.82. The topological polar surface area (TPSA) is 57.6 Å². The summed E-state index contributed by atoms with van der Waals surface area (Å²) in [5.74, 6) is -1.26. The van der Waals surface area contributed by atoms with E-state index >= 15 is 0 Å². The molecule has 0 spiro atoms. The number of ketones is 1. The standard InChI is InChI=1S/C27H24ClNO3/c1-16(2)18-10-12-19(13-11-18)24-23(25(30)20-7-5-4-6-8-20)26(31)27(32)29(24)21-14-9-17(3)22(28)15-21/h4-16,24,30H,1-3H3. The molecule has 3 aromatic carbocycles. The second-order valence-corrected chi connectivity index (χ2v) is 8.70. The minimum absolute atomic E-state index is 0.0650. The van der Waals surface area contributed by atoms with Crippen molar-refractivity contribution >= 4 is 34.7 Å². The maximum atomic E-state index is 13.2. The molecule has 1 aliphatic heterocycles. The van der Waals surface area contributed by atoms with E-state index in [1.165, 1.54) is 4.90 Å². The zero-order valence-corrected chi connectivity index (χ0v) is 18.9. The molecule has 3 aromatic rings. The van der Waals surface area contributed by atoms with Crippen LogP contribution >= 0.6 is 11.6 Å². The highest BCUT2D eigenvalue weighted by molar-refractivity contribution is 6.51. The predicted octanol–water partition coefficient (Wildman–Crippen LogP) is 6.40. The van der Waals surface area contributed by atoms with Gasteiger partial charge in [-0.15, -0.1) is 0 Å². The van der Waals surface area contributed by atoms with Crippen LogP contribution in [0.5, 0.6) is 0 Å². The molecule has 4 nitrogen and oxygen atoms in total. The summed E-state index contributed by atoms with van der Waals surface area (Å²) in [7, 11) is 0. The molecule has 0 bridgehead atoms. The Labute approximate surface area is 192 Å². The summed E-state index contributed by atoms with van der Waals surface area (Å²) in [5.41, 5.74) is 3.81. The molecule has 5 heteroatoms. The number of amides is 1. The number of nitrogens with zero attached hydrogens (tertiary/aromatic N) is 1. The molecule has 1 atom stereocenters. The Hall–Kier alpha value is -3.37. The maximum absolute atomic E-state index is 13.2. The molecule has 1 aliphatic rings. The number of anilines is 1. The predicted molar refractivity (Wildman–Crippen MR) is 128 cm³/mol. The van der Waals surface area contributed by atoms with Crippen molar-refractivity contribution in [3.05, 3.63) is 106 Å². The van der Waals surface area contributed by atoms with E-state index < -0.39 is 17.7 Å². The average Bonchev–Trinajstić information content (AvgIpc) is 3.06. The molecular weight excluding hydrogens is 422 g/mol. The van der Waals surface area contributed by atoms with Gasteiger partial charge in [0.2, 0.25) is 0 Å². The van der Waals surface area contributed by atoms with E-state index in [1.807, 2.05) is 43.3 Å². The van der Waals surface area contributed by atoms with Gasteiger partial charge >= 0.3 is 0 Å². The van der Waals surface area contributed by atoms with Gasteiger partial charge in [-0.3, -0.25) is 14.5 Å². The van der Waals surface area contributed by atoms with Crippen molar-refractivity contribution in [2.24, 2.45) is 0 Å². The summed E-state index contributed by atoms with van der Waals surface area (Å²) >= 11 is 6.34. The van der Waals surface area contributed by atoms with Gasteiger partial charge in [0.15, 0.2) is 0 Å². The summed E-state index contributed by atoms with van der Waals surface area (Å²) < 4.78 is 0. The first kappa shape index (κ1) is 21.8. The highest BCUT2D eigenvalue weighted by atomic mass is 35.5. The molecule has 32 heavy (non-hydrogen) atoms. The van der Waals surface area contributed by atoms with Crippen molar-refractivity contribution in [2.75, 3.05) is 4.90 Å². The van der Waals surface area contributed by atoms with E-state index in [0.717, 1.165) is 16.7 Å². The molecule has 0 radical (unpaired) electrons. The Bertz CT molecular complexity index is 1210. The number of carbonyl (C=O) groups is 2. The van der Waals surface area contributed by atoms with Crippen LogP contribution in [-0.2, 0) is 9.59 Å². The molecule has 4 rings (SSSR count). The average molecular weight is 446 g/mol. The van der Waals surface area contributed by atoms with E-state index in [4.69, 9.17) is 11.6 Å². The lowest BCUT2D eigenvalue weighted by molar-refractivity contribution is -0.132. The van der Waals surface area contributed by atoms with Gasteiger partial charge in [0, 0.05) is 16.3 Å². The first-order valence-electron chi connectivity index (χ1n) is 10.5. The third-order valence-electron chi connectivity index (χ3n) is 5.84. The van der Waals surface area contributed by atoms with E-state index in [-0.39, 0.29) is 11.3 Å². The van der Waals surface area contributed by atoms with Gasteiger partial charge in [0.05, 0.1) is 11.6 Å². The van der Waals surface area contributed by atoms with E-state index in [1.54, 1.807) is 36.4 Å². The van der Waals surface area contributed by atoms with Crippen LogP contribution in [0.4, 0.5) is 5.69 Å². The SMILES string of the molecule is Cc1ccc(N2C(=O)C(=O)C(=C(O)c3ccccc3)C2c2ccc(C(C)C)cc2)cc1Cl. The number of aliphatic hydroxyl groups excluding tert-OH is 1.